The van der Waals surface area contributed by atoms with E-state index in [4.69, 9.17) is 9.47 Å². The number of fused-ring (bicyclic) bond motifs is 1. The number of rotatable bonds is 4. The number of Topliss-reactive ketones (excluding diaryl/α,β-unsaturated/α-hetero) is 1. The van der Waals surface area contributed by atoms with Crippen molar-refractivity contribution in [2.24, 2.45) is 0 Å². The number of amides is 1. The van der Waals surface area contributed by atoms with Gasteiger partial charge in [0.2, 0.25) is 6.79 Å². The highest BCUT2D eigenvalue weighted by Crippen LogP contribution is 2.37. The number of hydrogen-bond donors (Lipinski definition) is 1. The summed E-state index contributed by atoms with van der Waals surface area (Å²) in [6, 6.07) is 20.5. The zero-order chi connectivity index (χ0) is 18.8. The molecule has 3 aromatic rings. The Hall–Kier alpha value is -3.60. The van der Waals surface area contributed by atoms with Gasteiger partial charge in [0, 0.05) is 17.2 Å². The molecule has 1 amide bonds. The van der Waals surface area contributed by atoms with Gasteiger partial charge in [-0.3, -0.25) is 9.59 Å². The third-order valence-electron chi connectivity index (χ3n) is 4.39. The summed E-state index contributed by atoms with van der Waals surface area (Å²) in [5.74, 6) is 0.555. The van der Waals surface area contributed by atoms with Crippen LogP contribution >= 0.6 is 0 Å². The Balaban J connectivity index is 1.58. The van der Waals surface area contributed by atoms with Crippen molar-refractivity contribution in [2.75, 3.05) is 12.1 Å². The molecule has 5 heteroatoms. The smallest absolute Gasteiger partial charge is 0.255 e. The lowest BCUT2D eigenvalue weighted by Crippen LogP contribution is -2.14. The Morgan fingerprint density at radius 1 is 0.852 bits per heavy atom. The first-order valence-electron chi connectivity index (χ1n) is 8.53. The number of carbonyl (C=O) groups is 2. The Kier molecular flexibility index (Phi) is 4.34. The third-order valence-corrected chi connectivity index (χ3v) is 4.39. The Morgan fingerprint density at radius 3 is 2.15 bits per heavy atom. The van der Waals surface area contributed by atoms with Crippen LogP contribution in [0.25, 0.3) is 11.1 Å². The predicted octanol–water partition coefficient (Wildman–Crippen LogP) is 4.54. The van der Waals surface area contributed by atoms with Crippen molar-refractivity contribution in [2.45, 2.75) is 6.92 Å². The van der Waals surface area contributed by atoms with E-state index in [0.717, 1.165) is 11.1 Å². The van der Waals surface area contributed by atoms with Crippen molar-refractivity contribution in [1.29, 1.82) is 0 Å². The lowest BCUT2D eigenvalue weighted by atomic mass is 10.0. The molecule has 0 atom stereocenters. The minimum atomic E-state index is -0.295. The van der Waals surface area contributed by atoms with E-state index in [1.807, 2.05) is 42.5 Å². The first-order valence-corrected chi connectivity index (χ1v) is 8.53. The first kappa shape index (κ1) is 16.8. The van der Waals surface area contributed by atoms with Crippen LogP contribution in [0, 0.1) is 0 Å². The van der Waals surface area contributed by atoms with Gasteiger partial charge in [-0.05, 0) is 36.2 Å². The lowest BCUT2D eigenvalue weighted by molar-refractivity contribution is 0.101. The molecular weight excluding hydrogens is 342 g/mol. The normalized spacial score (nSPS) is 11.9. The molecule has 1 heterocycles. The number of ketones is 1. The van der Waals surface area contributed by atoms with Gasteiger partial charge in [-0.2, -0.15) is 0 Å². The first-order chi connectivity index (χ1) is 13.1. The number of ether oxygens (including phenoxy) is 2. The Bertz CT molecular complexity index is 1010. The van der Waals surface area contributed by atoms with E-state index in [1.165, 1.54) is 6.92 Å². The maximum absolute atomic E-state index is 12.6. The molecule has 3 aromatic carbocycles. The minimum absolute atomic E-state index is 0.102. The summed E-state index contributed by atoms with van der Waals surface area (Å²) < 4.78 is 10.6. The van der Waals surface area contributed by atoms with Gasteiger partial charge < -0.3 is 14.8 Å². The Labute approximate surface area is 156 Å². The highest BCUT2D eigenvalue weighted by Gasteiger charge is 2.20. The highest BCUT2D eigenvalue weighted by atomic mass is 16.7. The van der Waals surface area contributed by atoms with Gasteiger partial charge >= 0.3 is 0 Å². The zero-order valence-electron chi connectivity index (χ0n) is 14.7. The van der Waals surface area contributed by atoms with Crippen LogP contribution in [0.5, 0.6) is 11.5 Å². The van der Waals surface area contributed by atoms with Crippen LogP contribution < -0.4 is 14.8 Å². The number of benzene rings is 3. The summed E-state index contributed by atoms with van der Waals surface area (Å²) in [6.07, 6.45) is 0. The van der Waals surface area contributed by atoms with E-state index >= 15 is 0 Å². The second kappa shape index (κ2) is 6.96. The van der Waals surface area contributed by atoms with Crippen molar-refractivity contribution < 1.29 is 19.1 Å². The summed E-state index contributed by atoms with van der Waals surface area (Å²) >= 11 is 0. The maximum Gasteiger partial charge on any atom is 0.255 e. The number of carbonyl (C=O) groups excluding carboxylic acids is 2. The van der Waals surface area contributed by atoms with Gasteiger partial charge in [-0.25, -0.2) is 0 Å². The van der Waals surface area contributed by atoms with Crippen LogP contribution in [0.2, 0.25) is 0 Å². The molecule has 1 aliphatic heterocycles. The molecule has 0 fully saturated rings. The second-order valence-corrected chi connectivity index (χ2v) is 6.20. The van der Waals surface area contributed by atoms with Crippen molar-refractivity contribution in [1.82, 2.24) is 0 Å². The fourth-order valence-corrected chi connectivity index (χ4v) is 2.98. The van der Waals surface area contributed by atoms with Crippen LogP contribution in [-0.2, 0) is 0 Å². The Morgan fingerprint density at radius 2 is 1.48 bits per heavy atom. The van der Waals surface area contributed by atoms with Gasteiger partial charge in [-0.1, -0.05) is 42.5 Å². The molecule has 0 unspecified atom stereocenters. The molecule has 4 rings (SSSR count). The summed E-state index contributed by atoms with van der Waals surface area (Å²) in [5, 5.41) is 2.80. The molecule has 0 saturated carbocycles. The fourth-order valence-electron chi connectivity index (χ4n) is 2.98. The quantitative estimate of drug-likeness (QED) is 0.695. The van der Waals surface area contributed by atoms with E-state index in [-0.39, 0.29) is 18.5 Å². The largest absolute Gasteiger partial charge is 0.454 e. The summed E-state index contributed by atoms with van der Waals surface area (Å²) in [6.45, 7) is 1.55. The van der Waals surface area contributed by atoms with E-state index in [2.05, 4.69) is 5.32 Å². The predicted molar refractivity (Wildman–Crippen MR) is 102 cm³/mol. The van der Waals surface area contributed by atoms with Gasteiger partial charge in [0.05, 0.1) is 5.69 Å². The third kappa shape index (κ3) is 3.40. The summed E-state index contributed by atoms with van der Waals surface area (Å²) in [4.78, 5) is 24.6. The SMILES string of the molecule is CC(=O)c1cc2c(cc1NC(=O)c1ccc(-c3ccccc3)cc1)OCO2. The molecule has 0 spiro atoms. The van der Waals surface area contributed by atoms with Crippen molar-refractivity contribution in [3.63, 3.8) is 0 Å². The van der Waals surface area contributed by atoms with Gasteiger partial charge in [0.15, 0.2) is 17.3 Å². The van der Waals surface area contributed by atoms with E-state index < -0.39 is 0 Å². The van der Waals surface area contributed by atoms with Crippen LogP contribution in [0.3, 0.4) is 0 Å². The van der Waals surface area contributed by atoms with Gasteiger partial charge in [0.1, 0.15) is 0 Å². The number of hydrogen-bond acceptors (Lipinski definition) is 4. The van der Waals surface area contributed by atoms with Crippen molar-refractivity contribution in [3.8, 4) is 22.6 Å². The van der Waals surface area contributed by atoms with Crippen LogP contribution in [0.15, 0.2) is 66.7 Å². The number of nitrogens with one attached hydrogen (secondary N) is 1. The average Bonchev–Trinajstić information content (AvgIpc) is 3.15. The minimum Gasteiger partial charge on any atom is -0.454 e. The monoisotopic (exact) mass is 359 g/mol. The molecule has 0 radical (unpaired) electrons. The van der Waals surface area contributed by atoms with Gasteiger partial charge in [-0.15, -0.1) is 0 Å². The molecule has 0 bridgehead atoms. The van der Waals surface area contributed by atoms with Crippen LogP contribution in [0.1, 0.15) is 27.6 Å². The van der Waals surface area contributed by atoms with Crippen LogP contribution in [-0.4, -0.2) is 18.5 Å². The van der Waals surface area contributed by atoms with Gasteiger partial charge in [0.25, 0.3) is 5.91 Å². The molecule has 0 saturated heterocycles. The molecule has 1 aliphatic rings. The molecule has 0 aromatic heterocycles. The second-order valence-electron chi connectivity index (χ2n) is 6.20. The van der Waals surface area contributed by atoms with Crippen molar-refractivity contribution in [3.05, 3.63) is 77.9 Å². The average molecular weight is 359 g/mol. The maximum atomic E-state index is 12.6. The van der Waals surface area contributed by atoms with Crippen LogP contribution in [0.4, 0.5) is 5.69 Å². The fraction of sp³-hybridized carbons (Fsp3) is 0.0909. The molecular formula is C22H17NO4. The van der Waals surface area contributed by atoms with E-state index in [1.54, 1.807) is 24.3 Å². The molecule has 27 heavy (non-hydrogen) atoms. The molecule has 0 aliphatic carbocycles. The van der Waals surface area contributed by atoms with E-state index in [0.29, 0.717) is 28.3 Å². The topological polar surface area (TPSA) is 64.6 Å². The highest BCUT2D eigenvalue weighted by molar-refractivity contribution is 6.09. The molecule has 1 N–H and O–H groups in total. The standard InChI is InChI=1S/C22H17NO4/c1-14(24)18-11-20-21(27-13-26-20)12-19(18)23-22(25)17-9-7-16(8-10-17)15-5-3-2-4-6-15/h2-12H,13H2,1H3,(H,23,25). The zero-order valence-corrected chi connectivity index (χ0v) is 14.7. The number of anilines is 1. The van der Waals surface area contributed by atoms with Crippen molar-refractivity contribution >= 4 is 17.4 Å². The molecule has 5 nitrogen and oxygen atoms in total. The lowest BCUT2D eigenvalue weighted by Gasteiger charge is -2.11. The van der Waals surface area contributed by atoms with E-state index in [9.17, 15) is 9.59 Å². The summed E-state index contributed by atoms with van der Waals surface area (Å²) in [7, 11) is 0. The summed E-state index contributed by atoms with van der Waals surface area (Å²) in [5.41, 5.74) is 3.40. The molecule has 134 valence electrons.